The number of anilines is 1. The molecule has 1 aromatic heterocycles. The number of nitrogens with one attached hydrogen (secondary N) is 1. The average Bonchev–Trinajstić information content (AvgIpc) is 2.78. The van der Waals surface area contributed by atoms with Crippen LogP contribution in [0, 0.1) is 6.92 Å². The summed E-state index contributed by atoms with van der Waals surface area (Å²) in [6.07, 6.45) is -2.57. The molecular weight excluding hydrogens is 419 g/mol. The Bertz CT molecular complexity index is 978. The second-order valence-corrected chi connectivity index (χ2v) is 7.86. The first-order valence-electron chi connectivity index (χ1n) is 10.8. The largest absolute Gasteiger partial charge is 0.416 e. The van der Waals surface area contributed by atoms with Crippen molar-refractivity contribution >= 4 is 11.6 Å². The number of halogens is 3. The molecule has 0 aliphatic carbocycles. The molecule has 0 unspecified atom stereocenters. The normalized spacial score (nSPS) is 15.2. The molecule has 0 spiro atoms. The predicted molar refractivity (Wildman–Crippen MR) is 121 cm³/mol. The fraction of sp³-hybridized carbons (Fsp3) is 0.478. The van der Waals surface area contributed by atoms with Gasteiger partial charge in [-0.05, 0) is 44.0 Å². The number of pyridine rings is 1. The van der Waals surface area contributed by atoms with Crippen LogP contribution in [0.2, 0.25) is 0 Å². The van der Waals surface area contributed by atoms with Crippen molar-refractivity contribution < 1.29 is 13.2 Å². The Hall–Kier alpha value is -2.97. The van der Waals surface area contributed by atoms with Gasteiger partial charge in [0.2, 0.25) is 0 Å². The minimum absolute atomic E-state index is 0.0208. The van der Waals surface area contributed by atoms with Crippen LogP contribution in [0.15, 0.2) is 52.3 Å². The lowest BCUT2D eigenvalue weighted by molar-refractivity contribution is -0.137. The Kier molecular flexibility index (Phi) is 7.82. The van der Waals surface area contributed by atoms with Crippen LogP contribution in [0.4, 0.5) is 18.9 Å². The molecule has 1 N–H and O–H groups in total. The number of guanidine groups is 1. The van der Waals surface area contributed by atoms with Gasteiger partial charge < -0.3 is 19.7 Å². The van der Waals surface area contributed by atoms with Crippen molar-refractivity contribution in [1.82, 2.24) is 14.8 Å². The fourth-order valence-corrected chi connectivity index (χ4v) is 3.89. The molecule has 3 rings (SSSR count). The van der Waals surface area contributed by atoms with Crippen molar-refractivity contribution in [2.24, 2.45) is 4.99 Å². The van der Waals surface area contributed by atoms with Gasteiger partial charge in [-0.2, -0.15) is 13.2 Å². The highest BCUT2D eigenvalue weighted by Crippen LogP contribution is 2.31. The number of aryl methyl sites for hydroxylation is 1. The molecule has 1 aliphatic rings. The van der Waals surface area contributed by atoms with Crippen molar-refractivity contribution in [2.75, 3.05) is 44.7 Å². The van der Waals surface area contributed by atoms with E-state index in [1.165, 1.54) is 12.1 Å². The number of hydrogen-bond acceptors (Lipinski definition) is 3. The number of rotatable bonds is 6. The summed E-state index contributed by atoms with van der Waals surface area (Å²) >= 11 is 0. The molecule has 0 atom stereocenters. The first kappa shape index (κ1) is 23.7. The van der Waals surface area contributed by atoms with Crippen LogP contribution in [0.5, 0.6) is 0 Å². The molecule has 1 aromatic carbocycles. The van der Waals surface area contributed by atoms with Crippen LogP contribution in [0.1, 0.15) is 24.1 Å². The molecule has 0 radical (unpaired) electrons. The molecule has 0 amide bonds. The van der Waals surface area contributed by atoms with Gasteiger partial charge in [-0.15, -0.1) is 0 Å². The second-order valence-electron chi connectivity index (χ2n) is 7.86. The number of alkyl halides is 3. The third-order valence-corrected chi connectivity index (χ3v) is 5.69. The van der Waals surface area contributed by atoms with Crippen LogP contribution in [0.3, 0.4) is 0 Å². The maximum Gasteiger partial charge on any atom is 0.416 e. The standard InChI is InChI=1S/C23H30F3N5O/c1-18-7-5-10-21(32)31(18)12-4-3-11-28-22(27-2)30-15-13-29(14-16-30)20-9-6-8-19(17-20)23(24,25)26/h5-10,17H,3-4,11-16H2,1-2H3,(H,27,28). The summed E-state index contributed by atoms with van der Waals surface area (Å²) < 4.78 is 40.8. The predicted octanol–water partition coefficient (Wildman–Crippen LogP) is 3.35. The highest BCUT2D eigenvalue weighted by molar-refractivity contribution is 5.80. The van der Waals surface area contributed by atoms with E-state index in [1.807, 2.05) is 17.9 Å². The third-order valence-electron chi connectivity index (χ3n) is 5.69. The maximum absolute atomic E-state index is 13.0. The molecule has 174 valence electrons. The van der Waals surface area contributed by atoms with Crippen molar-refractivity contribution in [3.63, 3.8) is 0 Å². The summed E-state index contributed by atoms with van der Waals surface area (Å²) in [4.78, 5) is 20.4. The van der Waals surface area contributed by atoms with Gasteiger partial charge in [-0.3, -0.25) is 9.79 Å². The van der Waals surface area contributed by atoms with Crippen molar-refractivity contribution in [3.8, 4) is 0 Å². The van der Waals surface area contributed by atoms with Crippen LogP contribution in [-0.4, -0.2) is 55.2 Å². The summed E-state index contributed by atoms with van der Waals surface area (Å²) in [6.45, 7) is 5.95. The molecule has 1 fully saturated rings. The highest BCUT2D eigenvalue weighted by Gasteiger charge is 2.31. The minimum atomic E-state index is -4.34. The number of unbranched alkanes of at least 4 members (excludes halogenated alkanes) is 1. The smallest absolute Gasteiger partial charge is 0.368 e. The minimum Gasteiger partial charge on any atom is -0.368 e. The van der Waals surface area contributed by atoms with Crippen molar-refractivity contribution in [2.45, 2.75) is 32.5 Å². The number of benzene rings is 1. The molecule has 1 aliphatic heterocycles. The number of hydrogen-bond donors (Lipinski definition) is 1. The van der Waals surface area contributed by atoms with Gasteiger partial charge in [-0.1, -0.05) is 12.1 Å². The van der Waals surface area contributed by atoms with Crippen LogP contribution < -0.4 is 15.8 Å². The van der Waals surface area contributed by atoms with Gasteiger partial charge in [0, 0.05) is 63.8 Å². The van der Waals surface area contributed by atoms with Crippen LogP contribution in [0.25, 0.3) is 0 Å². The van der Waals surface area contributed by atoms with E-state index in [0.717, 1.165) is 37.1 Å². The Morgan fingerprint density at radius 1 is 1.06 bits per heavy atom. The van der Waals surface area contributed by atoms with E-state index in [9.17, 15) is 18.0 Å². The van der Waals surface area contributed by atoms with E-state index < -0.39 is 11.7 Å². The first-order chi connectivity index (χ1) is 15.3. The number of nitrogens with zero attached hydrogens (tertiary/aromatic N) is 4. The molecule has 0 bridgehead atoms. The summed E-state index contributed by atoms with van der Waals surface area (Å²) in [5, 5.41) is 3.36. The Morgan fingerprint density at radius 2 is 1.78 bits per heavy atom. The van der Waals surface area contributed by atoms with Crippen LogP contribution >= 0.6 is 0 Å². The zero-order valence-corrected chi connectivity index (χ0v) is 18.5. The van der Waals surface area contributed by atoms with E-state index >= 15 is 0 Å². The maximum atomic E-state index is 13.0. The quantitative estimate of drug-likeness (QED) is 0.418. The SMILES string of the molecule is CN=C(NCCCCn1c(C)cccc1=O)N1CCN(c2cccc(C(F)(F)F)c2)CC1. The average molecular weight is 450 g/mol. The lowest BCUT2D eigenvalue weighted by Crippen LogP contribution is -2.52. The van der Waals surface area contributed by atoms with Gasteiger partial charge in [0.1, 0.15) is 0 Å². The molecule has 9 heteroatoms. The Morgan fingerprint density at radius 3 is 2.44 bits per heavy atom. The third kappa shape index (κ3) is 6.05. The topological polar surface area (TPSA) is 52.9 Å². The Balaban J connectivity index is 1.45. The zero-order valence-electron chi connectivity index (χ0n) is 18.5. The number of aliphatic imine (C=N–C) groups is 1. The van der Waals surface area contributed by atoms with E-state index in [1.54, 1.807) is 29.8 Å². The van der Waals surface area contributed by atoms with Gasteiger partial charge in [-0.25, -0.2) is 0 Å². The van der Waals surface area contributed by atoms with Gasteiger partial charge >= 0.3 is 6.18 Å². The Labute approximate surface area is 186 Å². The number of piperazine rings is 1. The number of aromatic nitrogens is 1. The molecule has 2 heterocycles. The summed E-state index contributed by atoms with van der Waals surface area (Å²) in [6, 6.07) is 10.8. The molecule has 32 heavy (non-hydrogen) atoms. The second kappa shape index (κ2) is 10.6. The van der Waals surface area contributed by atoms with E-state index in [-0.39, 0.29) is 5.56 Å². The fourth-order valence-electron chi connectivity index (χ4n) is 3.89. The van der Waals surface area contributed by atoms with Crippen molar-refractivity contribution in [3.05, 3.63) is 64.1 Å². The van der Waals surface area contributed by atoms with E-state index in [0.29, 0.717) is 38.4 Å². The summed E-state index contributed by atoms with van der Waals surface area (Å²) in [7, 11) is 1.73. The zero-order chi connectivity index (χ0) is 23.1. The molecule has 2 aromatic rings. The monoisotopic (exact) mass is 449 g/mol. The molecule has 1 saturated heterocycles. The van der Waals surface area contributed by atoms with Gasteiger partial charge in [0.05, 0.1) is 5.56 Å². The van der Waals surface area contributed by atoms with Crippen LogP contribution in [-0.2, 0) is 12.7 Å². The lowest BCUT2D eigenvalue weighted by Gasteiger charge is -2.37. The molecule has 0 saturated carbocycles. The van der Waals surface area contributed by atoms with Crippen molar-refractivity contribution in [1.29, 1.82) is 0 Å². The van der Waals surface area contributed by atoms with E-state index in [2.05, 4.69) is 15.2 Å². The first-order valence-corrected chi connectivity index (χ1v) is 10.8. The summed E-state index contributed by atoms with van der Waals surface area (Å²) in [5.41, 5.74) is 0.948. The van der Waals surface area contributed by atoms with Gasteiger partial charge in [0.15, 0.2) is 5.96 Å². The molecular formula is C23H30F3N5O. The van der Waals surface area contributed by atoms with Gasteiger partial charge in [0.25, 0.3) is 5.56 Å². The van der Waals surface area contributed by atoms with E-state index in [4.69, 9.17) is 0 Å². The summed E-state index contributed by atoms with van der Waals surface area (Å²) in [5.74, 6) is 0.793. The molecule has 6 nitrogen and oxygen atoms in total. The lowest BCUT2D eigenvalue weighted by atomic mass is 10.1. The highest BCUT2D eigenvalue weighted by atomic mass is 19.4.